The Hall–Kier alpha value is -1.02. The molecule has 0 amide bonds. The number of aliphatic hydroxyl groups is 1. The van der Waals surface area contributed by atoms with Gasteiger partial charge >= 0.3 is 0 Å². The smallest absolute Gasteiger partial charge is 0.222 e. The normalized spacial score (nSPS) is 43.0. The molecular weight excluding hydrogens is 312 g/mol. The Bertz CT molecular complexity index is 615. The molecule has 1 N–H and O–H groups in total. The second-order valence-electron chi connectivity index (χ2n) is 7.53. The predicted molar refractivity (Wildman–Crippen MR) is 83.9 cm³/mol. The molecule has 0 aliphatic carbocycles. The van der Waals surface area contributed by atoms with E-state index in [4.69, 9.17) is 23.7 Å². The first kappa shape index (κ1) is 16.4. The molecule has 132 valence electrons. The third-order valence-corrected chi connectivity index (χ3v) is 4.74. The fourth-order valence-corrected chi connectivity index (χ4v) is 3.75. The molecule has 3 aliphatic rings. The Morgan fingerprint density at radius 3 is 2.21 bits per heavy atom. The van der Waals surface area contributed by atoms with Gasteiger partial charge in [-0.1, -0.05) is 30.3 Å². The Labute approximate surface area is 141 Å². The monoisotopic (exact) mass is 336 g/mol. The molecule has 0 saturated carbocycles. The molecule has 0 radical (unpaired) electrons. The Morgan fingerprint density at radius 2 is 1.58 bits per heavy atom. The summed E-state index contributed by atoms with van der Waals surface area (Å²) in [6.45, 7) is 7.78. The second kappa shape index (κ2) is 5.24. The highest BCUT2D eigenvalue weighted by Gasteiger charge is 2.65. The molecule has 0 bridgehead atoms. The van der Waals surface area contributed by atoms with Crippen LogP contribution in [-0.2, 0) is 29.5 Å². The molecule has 1 aromatic carbocycles. The zero-order chi connectivity index (χ0) is 17.2. The highest BCUT2D eigenvalue weighted by atomic mass is 16.8. The van der Waals surface area contributed by atoms with Crippen LogP contribution in [0.5, 0.6) is 0 Å². The van der Waals surface area contributed by atoms with Crippen molar-refractivity contribution < 1.29 is 28.8 Å². The van der Waals surface area contributed by atoms with Crippen LogP contribution in [0.4, 0.5) is 0 Å². The van der Waals surface area contributed by atoms with Crippen molar-refractivity contribution >= 4 is 0 Å². The van der Waals surface area contributed by atoms with E-state index in [-0.39, 0.29) is 6.10 Å². The van der Waals surface area contributed by atoms with E-state index in [1.165, 1.54) is 0 Å². The van der Waals surface area contributed by atoms with E-state index in [1.807, 2.05) is 58.0 Å². The lowest BCUT2D eigenvalue weighted by atomic mass is 9.97. The maximum atomic E-state index is 11.3. The Kier molecular flexibility index (Phi) is 3.59. The van der Waals surface area contributed by atoms with Crippen molar-refractivity contribution in [1.82, 2.24) is 0 Å². The number of ether oxygens (including phenoxy) is 5. The van der Waals surface area contributed by atoms with Crippen LogP contribution in [0, 0.1) is 0 Å². The van der Waals surface area contributed by atoms with Gasteiger partial charge < -0.3 is 28.8 Å². The van der Waals surface area contributed by atoms with Crippen molar-refractivity contribution in [2.45, 2.75) is 69.5 Å². The lowest BCUT2D eigenvalue weighted by Crippen LogP contribution is -2.41. The average molecular weight is 336 g/mol. The topological polar surface area (TPSA) is 66.4 Å². The maximum absolute atomic E-state index is 11.3. The SMILES string of the molecule is CC1(C)OC[C@H]([C@@H]2OC(O)(c3ccccc3)[C@H]3OC(C)(C)O[C@@H]23)O1. The molecule has 3 saturated heterocycles. The molecule has 0 spiro atoms. The van der Waals surface area contributed by atoms with Gasteiger partial charge in [0, 0.05) is 5.56 Å². The minimum absolute atomic E-state index is 0.331. The summed E-state index contributed by atoms with van der Waals surface area (Å²) in [4.78, 5) is 0. The second-order valence-corrected chi connectivity index (χ2v) is 7.53. The van der Waals surface area contributed by atoms with Gasteiger partial charge in [-0.05, 0) is 27.7 Å². The molecule has 6 heteroatoms. The van der Waals surface area contributed by atoms with Gasteiger partial charge in [-0.15, -0.1) is 0 Å². The van der Waals surface area contributed by atoms with Crippen LogP contribution in [0.2, 0.25) is 0 Å². The number of hydrogen-bond donors (Lipinski definition) is 1. The minimum Gasteiger partial charge on any atom is -0.360 e. The third kappa shape index (κ3) is 2.58. The van der Waals surface area contributed by atoms with Crippen LogP contribution < -0.4 is 0 Å². The molecule has 4 rings (SSSR count). The highest BCUT2D eigenvalue weighted by Crippen LogP contribution is 2.49. The van der Waals surface area contributed by atoms with Gasteiger partial charge in [0.25, 0.3) is 0 Å². The Morgan fingerprint density at radius 1 is 0.875 bits per heavy atom. The molecule has 3 heterocycles. The van der Waals surface area contributed by atoms with Crippen molar-refractivity contribution in [2.24, 2.45) is 0 Å². The molecule has 5 atom stereocenters. The van der Waals surface area contributed by atoms with Crippen LogP contribution in [0.3, 0.4) is 0 Å². The fraction of sp³-hybridized carbons (Fsp3) is 0.667. The Balaban J connectivity index is 1.68. The van der Waals surface area contributed by atoms with Gasteiger partial charge in [0.05, 0.1) is 6.61 Å². The van der Waals surface area contributed by atoms with E-state index in [0.29, 0.717) is 12.2 Å². The molecule has 6 nitrogen and oxygen atoms in total. The summed E-state index contributed by atoms with van der Waals surface area (Å²) in [5.41, 5.74) is 0.641. The third-order valence-electron chi connectivity index (χ3n) is 4.74. The molecule has 24 heavy (non-hydrogen) atoms. The van der Waals surface area contributed by atoms with Crippen LogP contribution >= 0.6 is 0 Å². The summed E-state index contributed by atoms with van der Waals surface area (Å²) >= 11 is 0. The molecule has 1 unspecified atom stereocenters. The van der Waals surface area contributed by atoms with Crippen LogP contribution in [-0.4, -0.2) is 47.7 Å². The zero-order valence-corrected chi connectivity index (χ0v) is 14.4. The summed E-state index contributed by atoms with van der Waals surface area (Å²) in [5, 5.41) is 11.3. The number of benzene rings is 1. The molecule has 3 fully saturated rings. The first-order chi connectivity index (χ1) is 11.2. The van der Waals surface area contributed by atoms with Crippen molar-refractivity contribution in [3.63, 3.8) is 0 Å². The highest BCUT2D eigenvalue weighted by molar-refractivity contribution is 5.25. The van der Waals surface area contributed by atoms with Crippen molar-refractivity contribution in [2.75, 3.05) is 6.61 Å². The van der Waals surface area contributed by atoms with Crippen LogP contribution in [0.25, 0.3) is 0 Å². The molecule has 0 aromatic heterocycles. The summed E-state index contributed by atoms with van der Waals surface area (Å²) in [5.74, 6) is -3.05. The maximum Gasteiger partial charge on any atom is 0.222 e. The van der Waals surface area contributed by atoms with Crippen molar-refractivity contribution in [1.29, 1.82) is 0 Å². The van der Waals surface area contributed by atoms with Gasteiger partial charge in [0.15, 0.2) is 11.6 Å². The standard InChI is InChI=1S/C18H24O6/c1-16(2)20-10-12(21-16)13-14-15(24-17(3,4)22-14)18(19,23-13)11-8-6-5-7-9-11/h5-9,12-15,19H,10H2,1-4H3/t12-,13+,14+,15+,18?/m1/s1. The molecule has 3 aliphatic heterocycles. The van der Waals surface area contributed by atoms with E-state index >= 15 is 0 Å². The van der Waals surface area contributed by atoms with Gasteiger partial charge in [-0.25, -0.2) is 0 Å². The van der Waals surface area contributed by atoms with E-state index in [0.717, 1.165) is 0 Å². The molecule has 1 aromatic rings. The van der Waals surface area contributed by atoms with Crippen molar-refractivity contribution in [3.8, 4) is 0 Å². The summed E-state index contributed by atoms with van der Waals surface area (Å²) < 4.78 is 29.7. The van der Waals surface area contributed by atoms with E-state index in [9.17, 15) is 5.11 Å². The number of rotatable bonds is 2. The summed E-state index contributed by atoms with van der Waals surface area (Å²) in [6.07, 6.45) is -1.88. The fourth-order valence-electron chi connectivity index (χ4n) is 3.75. The van der Waals surface area contributed by atoms with Gasteiger partial charge in [-0.3, -0.25) is 0 Å². The van der Waals surface area contributed by atoms with Gasteiger partial charge in [0.1, 0.15) is 24.4 Å². The quantitative estimate of drug-likeness (QED) is 0.890. The zero-order valence-electron chi connectivity index (χ0n) is 14.4. The summed E-state index contributed by atoms with van der Waals surface area (Å²) in [6, 6.07) is 9.26. The van der Waals surface area contributed by atoms with Gasteiger partial charge in [-0.2, -0.15) is 0 Å². The minimum atomic E-state index is -1.58. The lowest BCUT2D eigenvalue weighted by molar-refractivity contribution is -0.291. The number of hydrogen-bond acceptors (Lipinski definition) is 6. The first-order valence-corrected chi connectivity index (χ1v) is 8.33. The largest absolute Gasteiger partial charge is 0.360 e. The van der Waals surface area contributed by atoms with Crippen LogP contribution in [0.15, 0.2) is 30.3 Å². The van der Waals surface area contributed by atoms with Crippen molar-refractivity contribution in [3.05, 3.63) is 35.9 Å². The number of fused-ring (bicyclic) bond motifs is 1. The first-order valence-electron chi connectivity index (χ1n) is 8.33. The van der Waals surface area contributed by atoms with Crippen LogP contribution in [0.1, 0.15) is 33.3 Å². The summed E-state index contributed by atoms with van der Waals surface area (Å²) in [7, 11) is 0. The predicted octanol–water partition coefficient (Wildman–Crippen LogP) is 1.90. The van der Waals surface area contributed by atoms with E-state index in [1.54, 1.807) is 0 Å². The average Bonchev–Trinajstić information content (AvgIpc) is 3.12. The van der Waals surface area contributed by atoms with Gasteiger partial charge in [0.2, 0.25) is 5.79 Å². The molecular formula is C18H24O6. The van der Waals surface area contributed by atoms with E-state index < -0.39 is 35.7 Å². The van der Waals surface area contributed by atoms with E-state index in [2.05, 4.69) is 0 Å². The lowest BCUT2D eigenvalue weighted by Gasteiger charge is -2.31.